The van der Waals surface area contributed by atoms with Gasteiger partial charge >= 0.3 is 0 Å². The lowest BCUT2D eigenvalue weighted by molar-refractivity contribution is -0.121. The molecule has 0 radical (unpaired) electrons. The Hall–Kier alpha value is -3.98. The number of methoxy groups -OCH3 is 1. The van der Waals surface area contributed by atoms with Crippen molar-refractivity contribution in [1.29, 1.82) is 0 Å². The number of thioether (sulfide) groups is 1. The van der Waals surface area contributed by atoms with Gasteiger partial charge in [0.05, 0.1) is 18.1 Å². The fraction of sp³-hybridized carbons (Fsp3) is 0.222. The lowest BCUT2D eigenvalue weighted by Crippen LogP contribution is -2.35. The molecule has 2 heterocycles. The van der Waals surface area contributed by atoms with Gasteiger partial charge in [-0.1, -0.05) is 12.1 Å². The molecule has 36 heavy (non-hydrogen) atoms. The molecule has 0 unspecified atom stereocenters. The highest BCUT2D eigenvalue weighted by atomic mass is 32.2. The Balaban J connectivity index is 1.24. The molecule has 0 aliphatic carbocycles. The summed E-state index contributed by atoms with van der Waals surface area (Å²) in [5, 5.41) is 2.05. The fourth-order valence-corrected chi connectivity index (χ4v) is 4.99. The molecule has 184 valence electrons. The minimum atomic E-state index is -0.789. The molecule has 0 saturated carbocycles. The Morgan fingerprint density at radius 3 is 2.28 bits per heavy atom. The zero-order chi connectivity index (χ0) is 25.3. The molecule has 9 heteroatoms. The number of aromatic nitrogens is 2. The van der Waals surface area contributed by atoms with Crippen LogP contribution in [0.15, 0.2) is 66.7 Å². The zero-order valence-corrected chi connectivity index (χ0v) is 20.9. The summed E-state index contributed by atoms with van der Waals surface area (Å²) in [5.41, 5.74) is 2.74. The second-order valence-electron chi connectivity index (χ2n) is 8.70. The van der Waals surface area contributed by atoms with Gasteiger partial charge in [-0.25, -0.2) is 4.98 Å². The number of imide groups is 1. The summed E-state index contributed by atoms with van der Waals surface area (Å²) in [7, 11) is 3.57. The number of benzene rings is 3. The summed E-state index contributed by atoms with van der Waals surface area (Å²) in [5.74, 6) is 3.42. The quantitative estimate of drug-likeness (QED) is 0.352. The normalized spacial score (nSPS) is 17.3. The van der Waals surface area contributed by atoms with E-state index in [0.29, 0.717) is 24.5 Å². The highest BCUT2D eigenvalue weighted by Crippen LogP contribution is 2.35. The van der Waals surface area contributed by atoms with E-state index in [1.54, 1.807) is 14.0 Å². The molecule has 4 aromatic rings. The van der Waals surface area contributed by atoms with Gasteiger partial charge in [0.15, 0.2) is 0 Å². The summed E-state index contributed by atoms with van der Waals surface area (Å²) in [6.07, 6.45) is 0.460. The van der Waals surface area contributed by atoms with Crippen molar-refractivity contribution in [2.24, 2.45) is 7.05 Å². The average Bonchev–Trinajstić information content (AvgIpc) is 3.32. The SMILES string of the molecule is COc1ccc(Oc2ccc3nc(COc4ccc(C[C@]5(C)SC(=O)NC5=O)cc4)n(C)c3c2)cc1. The van der Waals surface area contributed by atoms with Gasteiger partial charge in [0.2, 0.25) is 5.91 Å². The molecule has 1 aromatic heterocycles. The smallest absolute Gasteiger partial charge is 0.286 e. The van der Waals surface area contributed by atoms with E-state index in [4.69, 9.17) is 19.2 Å². The number of nitrogens with zero attached hydrogens (tertiary/aromatic N) is 2. The van der Waals surface area contributed by atoms with Crippen molar-refractivity contribution in [2.45, 2.75) is 24.7 Å². The Morgan fingerprint density at radius 1 is 0.944 bits per heavy atom. The first-order valence-corrected chi connectivity index (χ1v) is 12.2. The Bertz CT molecular complexity index is 1430. The second kappa shape index (κ2) is 9.58. The lowest BCUT2D eigenvalue weighted by atomic mass is 9.99. The van der Waals surface area contributed by atoms with E-state index >= 15 is 0 Å². The van der Waals surface area contributed by atoms with Crippen LogP contribution in [0.4, 0.5) is 4.79 Å². The van der Waals surface area contributed by atoms with Gasteiger partial charge in [0.25, 0.3) is 5.24 Å². The summed E-state index contributed by atoms with van der Waals surface area (Å²) < 4.78 is 18.3. The number of nitrogens with one attached hydrogen (secondary N) is 1. The van der Waals surface area contributed by atoms with Crippen LogP contribution < -0.4 is 19.5 Å². The number of imidazole rings is 1. The van der Waals surface area contributed by atoms with Crippen LogP contribution in [-0.2, 0) is 24.9 Å². The molecule has 1 saturated heterocycles. The number of amides is 2. The topological polar surface area (TPSA) is 91.7 Å². The first-order chi connectivity index (χ1) is 17.3. The van der Waals surface area contributed by atoms with E-state index < -0.39 is 4.75 Å². The van der Waals surface area contributed by atoms with Gasteiger partial charge in [-0.15, -0.1) is 0 Å². The molecule has 8 nitrogen and oxygen atoms in total. The highest BCUT2D eigenvalue weighted by molar-refractivity contribution is 8.16. The van der Waals surface area contributed by atoms with Gasteiger partial charge in [0.1, 0.15) is 40.2 Å². The number of carbonyl (C=O) groups is 2. The van der Waals surface area contributed by atoms with Crippen molar-refractivity contribution < 1.29 is 23.8 Å². The maximum absolute atomic E-state index is 12.1. The molecule has 0 bridgehead atoms. The van der Waals surface area contributed by atoms with Crippen molar-refractivity contribution in [3.63, 3.8) is 0 Å². The number of fused-ring (bicyclic) bond motifs is 1. The zero-order valence-electron chi connectivity index (χ0n) is 20.1. The summed E-state index contributed by atoms with van der Waals surface area (Å²) in [4.78, 5) is 28.3. The minimum absolute atomic E-state index is 0.253. The van der Waals surface area contributed by atoms with Crippen LogP contribution in [0.5, 0.6) is 23.0 Å². The Morgan fingerprint density at radius 2 is 1.61 bits per heavy atom. The molecule has 1 atom stereocenters. The summed E-state index contributed by atoms with van der Waals surface area (Å²) in [6, 6.07) is 20.7. The second-order valence-corrected chi connectivity index (χ2v) is 10.2. The van der Waals surface area contributed by atoms with Crippen molar-refractivity contribution in [2.75, 3.05) is 7.11 Å². The number of hydrogen-bond donors (Lipinski definition) is 1. The number of rotatable bonds is 8. The third kappa shape index (κ3) is 4.87. The van der Waals surface area contributed by atoms with E-state index in [9.17, 15) is 9.59 Å². The van der Waals surface area contributed by atoms with E-state index in [2.05, 4.69) is 5.32 Å². The van der Waals surface area contributed by atoms with Crippen molar-refractivity contribution >= 4 is 33.9 Å². The molecular formula is C27H25N3O5S. The number of hydrogen-bond acceptors (Lipinski definition) is 7. The van der Waals surface area contributed by atoms with E-state index in [1.807, 2.05) is 78.3 Å². The van der Waals surface area contributed by atoms with Gasteiger partial charge < -0.3 is 18.8 Å². The third-order valence-corrected chi connectivity index (χ3v) is 7.15. The Kier molecular flexibility index (Phi) is 6.32. The summed E-state index contributed by atoms with van der Waals surface area (Å²) in [6.45, 7) is 2.07. The van der Waals surface area contributed by atoms with Crippen molar-refractivity contribution in [3.05, 3.63) is 78.1 Å². The first kappa shape index (κ1) is 23.7. The maximum Gasteiger partial charge on any atom is 0.286 e. The monoisotopic (exact) mass is 503 g/mol. The van der Waals surface area contributed by atoms with Crippen molar-refractivity contribution in [1.82, 2.24) is 14.9 Å². The molecule has 1 fully saturated rings. The summed E-state index contributed by atoms with van der Waals surface area (Å²) >= 11 is 1.03. The molecule has 3 aromatic carbocycles. The van der Waals surface area contributed by atoms with E-state index in [0.717, 1.165) is 45.7 Å². The van der Waals surface area contributed by atoms with E-state index in [-0.39, 0.29) is 11.1 Å². The lowest BCUT2D eigenvalue weighted by Gasteiger charge is -2.18. The number of carbonyl (C=O) groups excluding carboxylic acids is 2. The van der Waals surface area contributed by atoms with Crippen LogP contribution >= 0.6 is 11.8 Å². The van der Waals surface area contributed by atoms with Crippen LogP contribution in [0.3, 0.4) is 0 Å². The molecular weight excluding hydrogens is 478 g/mol. The Labute approximate surface area is 212 Å². The van der Waals surface area contributed by atoms with Crippen LogP contribution in [0.2, 0.25) is 0 Å². The average molecular weight is 504 g/mol. The minimum Gasteiger partial charge on any atom is -0.497 e. The molecule has 1 aliphatic rings. The van der Waals surface area contributed by atoms with Gasteiger partial charge in [-0.2, -0.15) is 0 Å². The predicted octanol–water partition coefficient (Wildman–Crippen LogP) is 5.24. The van der Waals surface area contributed by atoms with E-state index in [1.165, 1.54) is 0 Å². The molecule has 1 aliphatic heterocycles. The van der Waals surface area contributed by atoms with Crippen LogP contribution in [-0.4, -0.2) is 32.6 Å². The predicted molar refractivity (Wildman–Crippen MR) is 138 cm³/mol. The molecule has 1 N–H and O–H groups in total. The van der Waals surface area contributed by atoms with Crippen LogP contribution in [0.25, 0.3) is 11.0 Å². The number of ether oxygens (including phenoxy) is 3. The molecule has 0 spiro atoms. The van der Waals surface area contributed by atoms with Gasteiger partial charge in [-0.3, -0.25) is 14.9 Å². The third-order valence-electron chi connectivity index (χ3n) is 6.09. The highest BCUT2D eigenvalue weighted by Gasteiger charge is 2.43. The molecule has 2 amide bonds. The van der Waals surface area contributed by atoms with Gasteiger partial charge in [0, 0.05) is 13.1 Å². The van der Waals surface area contributed by atoms with Crippen LogP contribution in [0.1, 0.15) is 18.3 Å². The van der Waals surface area contributed by atoms with Crippen molar-refractivity contribution in [3.8, 4) is 23.0 Å². The van der Waals surface area contributed by atoms with Gasteiger partial charge in [-0.05, 0) is 79.2 Å². The van der Waals surface area contributed by atoms with Crippen LogP contribution in [0, 0.1) is 0 Å². The molecule has 5 rings (SSSR count). The standard InChI is InChI=1S/C27H25N3O5S/c1-27(25(31)29-26(32)36-27)15-17-4-6-19(7-5-17)34-16-24-28-22-13-12-21(14-23(22)30(24)2)35-20-10-8-18(33-3)9-11-20/h4-14H,15-16H2,1-3H3,(H,29,31,32)/t27-/m0/s1. The number of aryl methyl sites for hydroxylation is 1. The first-order valence-electron chi connectivity index (χ1n) is 11.4. The fourth-order valence-electron chi connectivity index (χ4n) is 4.05. The maximum atomic E-state index is 12.1. The largest absolute Gasteiger partial charge is 0.497 e.